The van der Waals surface area contributed by atoms with Gasteiger partial charge in [-0.25, -0.2) is 8.42 Å². The predicted molar refractivity (Wildman–Crippen MR) is 92.8 cm³/mol. The minimum Gasteiger partial charge on any atom is -0.316 e. The molecule has 0 spiro atoms. The first-order valence-corrected chi connectivity index (χ1v) is 9.02. The molecule has 1 amide bonds. The Balaban J connectivity index is 2.31. The molecule has 0 aliphatic heterocycles. The number of rotatable bonds is 4. The monoisotopic (exact) mass is 406 g/mol. The fourth-order valence-electron chi connectivity index (χ4n) is 2.05. The lowest BCUT2D eigenvalue weighted by Gasteiger charge is -2.16. The number of nitrogens with one attached hydrogen (secondary N) is 1. The van der Waals surface area contributed by atoms with Crippen LogP contribution in [-0.2, 0) is 21.0 Å². The van der Waals surface area contributed by atoms with Gasteiger partial charge in [-0.2, -0.15) is 13.2 Å². The first-order chi connectivity index (χ1) is 11.9. The highest BCUT2D eigenvalue weighted by Crippen LogP contribution is 2.36. The third kappa shape index (κ3) is 4.47. The molecule has 10 heteroatoms. The first-order valence-electron chi connectivity index (χ1n) is 7.16. The van der Waals surface area contributed by atoms with E-state index in [1.54, 1.807) is 0 Å². The smallest absolute Gasteiger partial charge is 0.316 e. The van der Waals surface area contributed by atoms with Crippen molar-refractivity contribution in [2.75, 3.05) is 16.7 Å². The van der Waals surface area contributed by atoms with Gasteiger partial charge in [0.25, 0.3) is 10.0 Å². The van der Waals surface area contributed by atoms with Crippen molar-refractivity contribution < 1.29 is 26.4 Å². The summed E-state index contributed by atoms with van der Waals surface area (Å²) in [5.41, 5.74) is -0.938. The number of sulfonamides is 1. The van der Waals surface area contributed by atoms with Crippen LogP contribution in [0.1, 0.15) is 12.5 Å². The zero-order valence-corrected chi connectivity index (χ0v) is 15.2. The Morgan fingerprint density at radius 2 is 1.69 bits per heavy atom. The second kappa shape index (κ2) is 7.16. The summed E-state index contributed by atoms with van der Waals surface area (Å²) in [7, 11) is -2.59. The van der Waals surface area contributed by atoms with Gasteiger partial charge in [0.15, 0.2) is 0 Å². The number of benzene rings is 2. The summed E-state index contributed by atoms with van der Waals surface area (Å²) < 4.78 is 65.4. The van der Waals surface area contributed by atoms with Crippen LogP contribution >= 0.6 is 11.6 Å². The van der Waals surface area contributed by atoms with Gasteiger partial charge in [-0.3, -0.25) is 9.52 Å². The summed E-state index contributed by atoms with van der Waals surface area (Å²) in [5, 5.41) is -0.530. The SMILES string of the molecule is CC(=O)N(C)c1ccc(S(=O)(=O)Nc2ccc(Cl)c(C(F)(F)F)c2)cc1. The Bertz CT molecular complexity index is 929. The Hall–Kier alpha value is -2.26. The molecule has 0 aromatic heterocycles. The van der Waals surface area contributed by atoms with Gasteiger partial charge in [0.05, 0.1) is 15.5 Å². The quantitative estimate of drug-likeness (QED) is 0.829. The second-order valence-corrected chi connectivity index (χ2v) is 7.46. The topological polar surface area (TPSA) is 66.5 Å². The summed E-state index contributed by atoms with van der Waals surface area (Å²) >= 11 is 5.51. The molecule has 2 rings (SSSR count). The third-order valence-electron chi connectivity index (χ3n) is 3.53. The fourth-order valence-corrected chi connectivity index (χ4v) is 3.32. The van der Waals surface area contributed by atoms with Gasteiger partial charge < -0.3 is 4.90 Å². The molecule has 0 fully saturated rings. The summed E-state index contributed by atoms with van der Waals surface area (Å²) in [4.78, 5) is 12.5. The molecule has 0 aliphatic rings. The van der Waals surface area contributed by atoms with E-state index in [0.717, 1.165) is 12.1 Å². The number of carbonyl (C=O) groups is 1. The minimum absolute atomic E-state index is 0.165. The Morgan fingerprint density at radius 3 is 2.19 bits per heavy atom. The second-order valence-electron chi connectivity index (χ2n) is 5.37. The lowest BCUT2D eigenvalue weighted by atomic mass is 10.2. The number of nitrogens with zero attached hydrogens (tertiary/aromatic N) is 1. The van der Waals surface area contributed by atoms with Crippen LogP contribution in [-0.4, -0.2) is 21.4 Å². The van der Waals surface area contributed by atoms with E-state index in [-0.39, 0.29) is 16.5 Å². The molecule has 0 atom stereocenters. The van der Waals surface area contributed by atoms with E-state index >= 15 is 0 Å². The Labute approximate surface area is 153 Å². The van der Waals surface area contributed by atoms with Crippen molar-refractivity contribution in [2.24, 2.45) is 0 Å². The third-order valence-corrected chi connectivity index (χ3v) is 5.26. The molecule has 0 bridgehead atoms. The fraction of sp³-hybridized carbons (Fsp3) is 0.188. The molecule has 1 N–H and O–H groups in total. The van der Waals surface area contributed by atoms with E-state index in [2.05, 4.69) is 4.72 Å². The van der Waals surface area contributed by atoms with Gasteiger partial charge in [0.1, 0.15) is 0 Å². The predicted octanol–water partition coefficient (Wildman–Crippen LogP) is 4.14. The largest absolute Gasteiger partial charge is 0.417 e. The minimum atomic E-state index is -4.71. The number of anilines is 2. The standard InChI is InChI=1S/C16H14ClF3N2O3S/c1-10(23)22(2)12-4-6-13(7-5-12)26(24,25)21-11-3-8-15(17)14(9-11)16(18,19)20/h3-9,21H,1-2H3. The molecule has 26 heavy (non-hydrogen) atoms. The van der Waals surface area contributed by atoms with Gasteiger partial charge >= 0.3 is 6.18 Å². The number of amides is 1. The van der Waals surface area contributed by atoms with Gasteiger partial charge in [-0.15, -0.1) is 0 Å². The maximum absolute atomic E-state index is 12.9. The van der Waals surface area contributed by atoms with Crippen molar-refractivity contribution >= 4 is 38.9 Å². The van der Waals surface area contributed by atoms with Crippen LogP contribution in [0.2, 0.25) is 5.02 Å². The summed E-state index contributed by atoms with van der Waals surface area (Å²) in [6.07, 6.45) is -4.71. The van der Waals surface area contributed by atoms with Crippen LogP contribution < -0.4 is 9.62 Å². The number of hydrogen-bond acceptors (Lipinski definition) is 3. The van der Waals surface area contributed by atoms with Crippen molar-refractivity contribution in [2.45, 2.75) is 18.0 Å². The zero-order valence-electron chi connectivity index (χ0n) is 13.6. The molecule has 0 radical (unpaired) electrons. The van der Waals surface area contributed by atoms with Crippen molar-refractivity contribution in [3.8, 4) is 0 Å². The number of carbonyl (C=O) groups excluding carboxylic acids is 1. The first kappa shape index (κ1) is 20.1. The zero-order chi connectivity index (χ0) is 19.7. The Morgan fingerprint density at radius 1 is 1.12 bits per heavy atom. The molecule has 0 saturated heterocycles. The van der Waals surface area contributed by atoms with Gasteiger partial charge in [0.2, 0.25) is 5.91 Å². The molecule has 0 heterocycles. The highest BCUT2D eigenvalue weighted by molar-refractivity contribution is 7.92. The van der Waals surface area contributed by atoms with Crippen molar-refractivity contribution in [1.82, 2.24) is 0 Å². The number of halogens is 4. The van der Waals surface area contributed by atoms with Gasteiger partial charge in [-0.05, 0) is 42.5 Å². The van der Waals surface area contributed by atoms with Crippen LogP contribution in [0.5, 0.6) is 0 Å². The van der Waals surface area contributed by atoms with E-state index in [0.29, 0.717) is 11.8 Å². The normalized spacial score (nSPS) is 11.9. The maximum atomic E-state index is 12.9. The lowest BCUT2D eigenvalue weighted by Crippen LogP contribution is -2.22. The van der Waals surface area contributed by atoms with Crippen molar-refractivity contribution in [1.29, 1.82) is 0 Å². The number of alkyl halides is 3. The van der Waals surface area contributed by atoms with Gasteiger partial charge in [0, 0.05) is 25.3 Å². The van der Waals surface area contributed by atoms with Gasteiger partial charge in [-0.1, -0.05) is 11.6 Å². The van der Waals surface area contributed by atoms with Crippen LogP contribution in [0.25, 0.3) is 0 Å². The summed E-state index contributed by atoms with van der Waals surface area (Å²) in [6.45, 7) is 1.35. The molecule has 2 aromatic carbocycles. The molecule has 0 unspecified atom stereocenters. The molecular weight excluding hydrogens is 393 g/mol. The maximum Gasteiger partial charge on any atom is 0.417 e. The summed E-state index contributed by atoms with van der Waals surface area (Å²) in [5.74, 6) is -0.237. The van der Waals surface area contributed by atoms with E-state index in [1.165, 1.54) is 43.1 Å². The molecular formula is C16H14ClF3N2O3S. The average Bonchev–Trinajstić information content (AvgIpc) is 2.54. The van der Waals surface area contributed by atoms with Crippen molar-refractivity contribution in [3.05, 3.63) is 53.1 Å². The highest BCUT2D eigenvalue weighted by Gasteiger charge is 2.33. The molecule has 0 aliphatic carbocycles. The molecule has 0 saturated carbocycles. The van der Waals surface area contributed by atoms with E-state index in [9.17, 15) is 26.4 Å². The van der Waals surface area contributed by atoms with E-state index < -0.39 is 26.8 Å². The molecule has 5 nitrogen and oxygen atoms in total. The van der Waals surface area contributed by atoms with Crippen LogP contribution in [0.4, 0.5) is 24.5 Å². The lowest BCUT2D eigenvalue weighted by molar-refractivity contribution is -0.137. The number of hydrogen-bond donors (Lipinski definition) is 1. The molecule has 2 aromatic rings. The summed E-state index contributed by atoms with van der Waals surface area (Å²) in [6, 6.07) is 8.05. The van der Waals surface area contributed by atoms with Crippen LogP contribution in [0, 0.1) is 0 Å². The van der Waals surface area contributed by atoms with E-state index in [4.69, 9.17) is 11.6 Å². The molecule has 140 valence electrons. The van der Waals surface area contributed by atoms with Crippen LogP contribution in [0.3, 0.4) is 0 Å². The van der Waals surface area contributed by atoms with Crippen molar-refractivity contribution in [3.63, 3.8) is 0 Å². The highest BCUT2D eigenvalue weighted by atomic mass is 35.5. The average molecular weight is 407 g/mol. The van der Waals surface area contributed by atoms with Crippen LogP contribution in [0.15, 0.2) is 47.4 Å². The van der Waals surface area contributed by atoms with E-state index in [1.807, 2.05) is 0 Å². The Kier molecular flexibility index (Phi) is 5.52.